The molecule has 0 aliphatic rings. The molecule has 0 aliphatic heterocycles. The van der Waals surface area contributed by atoms with Gasteiger partial charge in [-0.05, 0) is 18.6 Å². The fourth-order valence-corrected chi connectivity index (χ4v) is 0.593. The van der Waals surface area contributed by atoms with Gasteiger partial charge in [-0.15, -0.1) is 0 Å². The molecule has 0 atom stereocenters. The predicted octanol–water partition coefficient (Wildman–Crippen LogP) is 0.888. The Labute approximate surface area is 58.3 Å². The molecule has 0 fully saturated rings. The molecule has 1 aromatic heterocycles. The first-order chi connectivity index (χ1) is 4.70. The van der Waals surface area contributed by atoms with Crippen molar-refractivity contribution in [3.8, 4) is 0 Å². The van der Waals surface area contributed by atoms with Crippen LogP contribution >= 0.6 is 0 Å². The van der Waals surface area contributed by atoms with Gasteiger partial charge in [-0.1, -0.05) is 0 Å². The molecule has 0 amide bonds. The second-order valence-corrected chi connectivity index (χ2v) is 1.91. The molecule has 3 nitrogen and oxygen atoms in total. The fraction of sp³-hybridized carbons (Fsp3) is 0.143. The summed E-state index contributed by atoms with van der Waals surface area (Å²) in [4.78, 5) is 13.8. The fourth-order valence-electron chi connectivity index (χ4n) is 0.593. The van der Waals surface area contributed by atoms with E-state index in [-0.39, 0.29) is 5.69 Å². The number of aromatic carboxylic acids is 1. The third-order valence-corrected chi connectivity index (χ3v) is 1.05. The Morgan fingerprint density at radius 1 is 1.80 bits per heavy atom. The van der Waals surface area contributed by atoms with Crippen molar-refractivity contribution >= 4 is 5.97 Å². The standard InChI is InChI=1S/C7H6NO2/c1-5-2-3-8-6(4-5)7(9)10/h2-3H,1H3,(H,9,10). The van der Waals surface area contributed by atoms with Gasteiger partial charge < -0.3 is 5.11 Å². The van der Waals surface area contributed by atoms with E-state index in [0.29, 0.717) is 0 Å². The van der Waals surface area contributed by atoms with Crippen LogP contribution in [0.1, 0.15) is 16.1 Å². The van der Waals surface area contributed by atoms with Crippen LogP contribution in [0.2, 0.25) is 0 Å². The molecule has 0 bridgehead atoms. The lowest BCUT2D eigenvalue weighted by molar-refractivity contribution is 0.0690. The van der Waals surface area contributed by atoms with Gasteiger partial charge in [0.15, 0.2) is 5.69 Å². The Morgan fingerprint density at radius 2 is 2.50 bits per heavy atom. The van der Waals surface area contributed by atoms with Gasteiger partial charge in [-0.3, -0.25) is 0 Å². The maximum absolute atomic E-state index is 10.3. The Balaban J connectivity index is 3.07. The minimum Gasteiger partial charge on any atom is -0.476 e. The van der Waals surface area contributed by atoms with Crippen molar-refractivity contribution in [1.82, 2.24) is 4.98 Å². The maximum atomic E-state index is 10.3. The second kappa shape index (κ2) is 2.47. The number of carboxylic acid groups (broad SMARTS) is 1. The van der Waals surface area contributed by atoms with Crippen LogP contribution in [-0.4, -0.2) is 16.1 Å². The third kappa shape index (κ3) is 1.31. The zero-order valence-corrected chi connectivity index (χ0v) is 5.46. The van der Waals surface area contributed by atoms with Crippen LogP contribution < -0.4 is 0 Å². The molecule has 0 spiro atoms. The number of hydrogen-bond acceptors (Lipinski definition) is 2. The predicted molar refractivity (Wildman–Crippen MR) is 34.8 cm³/mol. The SMILES string of the molecule is Cc1[c]c(C(=O)O)ncc1. The summed E-state index contributed by atoms with van der Waals surface area (Å²) >= 11 is 0. The van der Waals surface area contributed by atoms with Crippen LogP contribution in [-0.2, 0) is 0 Å². The highest BCUT2D eigenvalue weighted by Crippen LogP contribution is 1.97. The summed E-state index contributed by atoms with van der Waals surface area (Å²) in [7, 11) is 0. The molecule has 0 aliphatic carbocycles. The van der Waals surface area contributed by atoms with Gasteiger partial charge in [-0.25, -0.2) is 9.78 Å². The third-order valence-electron chi connectivity index (χ3n) is 1.05. The summed E-state index contributed by atoms with van der Waals surface area (Å²) in [5.74, 6) is -1.04. The van der Waals surface area contributed by atoms with E-state index in [1.54, 1.807) is 13.0 Å². The maximum Gasteiger partial charge on any atom is 0.355 e. The molecule has 51 valence electrons. The molecular weight excluding hydrogens is 130 g/mol. The Hall–Kier alpha value is -1.38. The van der Waals surface area contributed by atoms with Gasteiger partial charge in [0.1, 0.15) is 0 Å². The van der Waals surface area contributed by atoms with Crippen molar-refractivity contribution in [2.45, 2.75) is 6.92 Å². The van der Waals surface area contributed by atoms with E-state index in [2.05, 4.69) is 11.1 Å². The van der Waals surface area contributed by atoms with E-state index in [4.69, 9.17) is 5.11 Å². The molecule has 1 radical (unpaired) electrons. The first-order valence-corrected chi connectivity index (χ1v) is 2.78. The van der Waals surface area contributed by atoms with E-state index < -0.39 is 5.97 Å². The van der Waals surface area contributed by atoms with E-state index >= 15 is 0 Å². The summed E-state index contributed by atoms with van der Waals surface area (Å²) < 4.78 is 0. The molecule has 1 heterocycles. The lowest BCUT2D eigenvalue weighted by Crippen LogP contribution is -1.99. The molecular formula is C7H6NO2. The van der Waals surface area contributed by atoms with Crippen LogP contribution in [0.15, 0.2) is 12.3 Å². The highest BCUT2D eigenvalue weighted by Gasteiger charge is 2.02. The normalized spacial score (nSPS) is 9.30. The van der Waals surface area contributed by atoms with E-state index in [0.717, 1.165) is 5.56 Å². The van der Waals surface area contributed by atoms with Crippen LogP contribution in [0.5, 0.6) is 0 Å². The van der Waals surface area contributed by atoms with Gasteiger partial charge >= 0.3 is 5.97 Å². The monoisotopic (exact) mass is 136 g/mol. The number of aryl methyl sites for hydroxylation is 1. The van der Waals surface area contributed by atoms with Crippen molar-refractivity contribution < 1.29 is 9.90 Å². The number of carboxylic acids is 1. The first kappa shape index (κ1) is 6.74. The molecule has 0 saturated carbocycles. The van der Waals surface area contributed by atoms with Crippen molar-refractivity contribution in [3.63, 3.8) is 0 Å². The Bertz CT molecular complexity index is 258. The van der Waals surface area contributed by atoms with Crippen LogP contribution in [0, 0.1) is 13.0 Å². The quantitative estimate of drug-likeness (QED) is 0.623. The molecule has 0 unspecified atom stereocenters. The van der Waals surface area contributed by atoms with E-state index in [1.807, 2.05) is 0 Å². The molecule has 0 aromatic carbocycles. The van der Waals surface area contributed by atoms with Gasteiger partial charge in [0.2, 0.25) is 0 Å². The largest absolute Gasteiger partial charge is 0.476 e. The van der Waals surface area contributed by atoms with Gasteiger partial charge in [0.05, 0.1) is 0 Å². The summed E-state index contributed by atoms with van der Waals surface area (Å²) in [6.45, 7) is 1.77. The van der Waals surface area contributed by atoms with Crippen LogP contribution in [0.3, 0.4) is 0 Å². The number of aromatic nitrogens is 1. The average Bonchev–Trinajstić information content (AvgIpc) is 1.88. The van der Waals surface area contributed by atoms with Crippen molar-refractivity contribution in [1.29, 1.82) is 0 Å². The average molecular weight is 136 g/mol. The highest BCUT2D eigenvalue weighted by atomic mass is 16.4. The van der Waals surface area contributed by atoms with Gasteiger partial charge in [0, 0.05) is 12.3 Å². The molecule has 0 saturated heterocycles. The molecule has 1 aromatic rings. The van der Waals surface area contributed by atoms with Crippen molar-refractivity contribution in [2.24, 2.45) is 0 Å². The highest BCUT2D eigenvalue weighted by molar-refractivity contribution is 5.84. The number of hydrogen-bond donors (Lipinski definition) is 1. The Morgan fingerprint density at radius 3 is 2.90 bits per heavy atom. The van der Waals surface area contributed by atoms with Crippen molar-refractivity contribution in [3.05, 3.63) is 29.6 Å². The van der Waals surface area contributed by atoms with E-state index in [1.165, 1.54) is 6.20 Å². The van der Waals surface area contributed by atoms with Crippen LogP contribution in [0.25, 0.3) is 0 Å². The second-order valence-electron chi connectivity index (χ2n) is 1.91. The Kier molecular flexibility index (Phi) is 1.67. The zero-order chi connectivity index (χ0) is 7.56. The minimum absolute atomic E-state index is 0.0278. The smallest absolute Gasteiger partial charge is 0.355 e. The number of nitrogens with zero attached hydrogens (tertiary/aromatic N) is 1. The van der Waals surface area contributed by atoms with E-state index in [9.17, 15) is 4.79 Å². The number of pyridine rings is 1. The minimum atomic E-state index is -1.04. The molecule has 1 N–H and O–H groups in total. The first-order valence-electron chi connectivity index (χ1n) is 2.78. The number of rotatable bonds is 1. The van der Waals surface area contributed by atoms with Gasteiger partial charge in [-0.2, -0.15) is 0 Å². The van der Waals surface area contributed by atoms with Crippen LogP contribution in [0.4, 0.5) is 0 Å². The lowest BCUT2D eigenvalue weighted by atomic mass is 10.2. The molecule has 3 heteroatoms. The molecule has 1 rings (SSSR count). The topological polar surface area (TPSA) is 50.2 Å². The molecule has 10 heavy (non-hydrogen) atoms. The summed E-state index contributed by atoms with van der Waals surface area (Å²) in [6.07, 6.45) is 1.45. The lowest BCUT2D eigenvalue weighted by Gasteiger charge is -1.91. The summed E-state index contributed by atoms with van der Waals surface area (Å²) in [5.41, 5.74) is 0.757. The summed E-state index contributed by atoms with van der Waals surface area (Å²) in [5, 5.41) is 8.42. The van der Waals surface area contributed by atoms with Crippen molar-refractivity contribution in [2.75, 3.05) is 0 Å². The van der Waals surface area contributed by atoms with Gasteiger partial charge in [0.25, 0.3) is 0 Å². The zero-order valence-electron chi connectivity index (χ0n) is 5.46. The summed E-state index contributed by atoms with van der Waals surface area (Å²) in [6, 6.07) is 4.30. The number of carbonyl (C=O) groups is 1.